The minimum absolute atomic E-state index is 0.135. The molecule has 10 heteroatoms. The van der Waals surface area contributed by atoms with Gasteiger partial charge in [-0.1, -0.05) is 12.1 Å². The van der Waals surface area contributed by atoms with Gasteiger partial charge in [0.15, 0.2) is 5.69 Å². The second-order valence-corrected chi connectivity index (χ2v) is 4.00. The number of hydrazine groups is 2. The van der Waals surface area contributed by atoms with Crippen LogP contribution in [0.15, 0.2) is 33.5 Å². The minimum Gasteiger partial charge on any atom is -0.421 e. The number of hydrogen-bond acceptors (Lipinski definition) is 6. The third-order valence-corrected chi connectivity index (χ3v) is 2.72. The summed E-state index contributed by atoms with van der Waals surface area (Å²) >= 11 is 0. The van der Waals surface area contributed by atoms with Gasteiger partial charge in [-0.15, -0.1) is 0 Å². The van der Waals surface area contributed by atoms with Crippen molar-refractivity contribution in [2.45, 2.75) is 0 Å². The fourth-order valence-electron chi connectivity index (χ4n) is 1.80. The third-order valence-electron chi connectivity index (χ3n) is 2.72. The molecular weight excluding hydrogens is 280 g/mol. The van der Waals surface area contributed by atoms with Crippen LogP contribution in [0, 0.1) is 0 Å². The fourth-order valence-corrected chi connectivity index (χ4v) is 1.80. The molecule has 8 N–H and O–H groups in total. The van der Waals surface area contributed by atoms with E-state index in [1.165, 1.54) is 12.1 Å². The predicted octanol–water partition coefficient (Wildman–Crippen LogP) is -0.689. The number of primary amides is 2. The van der Waals surface area contributed by atoms with Gasteiger partial charge in [0.25, 0.3) is 0 Å². The van der Waals surface area contributed by atoms with Gasteiger partial charge in [-0.25, -0.2) is 36.1 Å². The van der Waals surface area contributed by atoms with Gasteiger partial charge < -0.3 is 15.9 Å². The summed E-state index contributed by atoms with van der Waals surface area (Å²) in [5.74, 6) is 11.0. The van der Waals surface area contributed by atoms with E-state index in [1.54, 1.807) is 12.1 Å². The highest BCUT2D eigenvalue weighted by Gasteiger charge is 2.26. The summed E-state index contributed by atoms with van der Waals surface area (Å²) in [5.41, 5.74) is 8.59. The normalized spacial score (nSPS) is 10.4. The first-order valence-corrected chi connectivity index (χ1v) is 5.59. The van der Waals surface area contributed by atoms with Crippen LogP contribution in [0.4, 0.5) is 21.0 Å². The average Bonchev–Trinajstić information content (AvgIpc) is 2.44. The zero-order valence-corrected chi connectivity index (χ0v) is 10.6. The number of carbonyl (C=O) groups is 2. The molecule has 0 aliphatic rings. The Morgan fingerprint density at radius 3 is 2.05 bits per heavy atom. The Bertz CT molecular complexity index is 786. The first-order valence-electron chi connectivity index (χ1n) is 5.59. The van der Waals surface area contributed by atoms with Crippen LogP contribution in [0.1, 0.15) is 0 Å². The van der Waals surface area contributed by atoms with Crippen LogP contribution in [0.2, 0.25) is 0 Å². The monoisotopic (exact) mass is 292 g/mol. The van der Waals surface area contributed by atoms with E-state index in [-0.39, 0.29) is 16.7 Å². The average molecular weight is 292 g/mol. The number of para-hydroxylation sites is 1. The number of anilines is 2. The van der Waals surface area contributed by atoms with Crippen molar-refractivity contribution in [2.75, 3.05) is 10.0 Å². The highest BCUT2D eigenvalue weighted by atomic mass is 16.4. The van der Waals surface area contributed by atoms with Crippen molar-refractivity contribution in [2.24, 2.45) is 23.2 Å². The molecule has 0 bridgehead atoms. The largest absolute Gasteiger partial charge is 0.421 e. The molecule has 21 heavy (non-hydrogen) atoms. The first-order chi connectivity index (χ1) is 9.84. The van der Waals surface area contributed by atoms with Crippen molar-refractivity contribution in [3.8, 4) is 0 Å². The summed E-state index contributed by atoms with van der Waals surface area (Å²) in [6.45, 7) is 0. The maximum absolute atomic E-state index is 12.0. The molecule has 0 aliphatic heterocycles. The van der Waals surface area contributed by atoms with Crippen molar-refractivity contribution in [1.82, 2.24) is 0 Å². The number of nitrogens with zero attached hydrogens (tertiary/aromatic N) is 2. The highest BCUT2D eigenvalue weighted by Crippen LogP contribution is 2.31. The van der Waals surface area contributed by atoms with Crippen molar-refractivity contribution in [1.29, 1.82) is 0 Å². The van der Waals surface area contributed by atoms with E-state index >= 15 is 0 Å². The smallest absolute Gasteiger partial charge is 0.364 e. The lowest BCUT2D eigenvalue weighted by atomic mass is 10.1. The van der Waals surface area contributed by atoms with Crippen LogP contribution in [0.25, 0.3) is 11.0 Å². The topological polar surface area (TPSA) is 175 Å². The molecule has 2 rings (SSSR count). The molecule has 1 heterocycles. The third kappa shape index (κ3) is 2.35. The van der Waals surface area contributed by atoms with Gasteiger partial charge in [-0.2, -0.15) is 0 Å². The molecule has 1 aromatic heterocycles. The summed E-state index contributed by atoms with van der Waals surface area (Å²) in [7, 11) is 0. The molecule has 1 aromatic carbocycles. The molecule has 0 fully saturated rings. The number of amides is 4. The number of rotatable bonds is 2. The quantitative estimate of drug-likeness (QED) is 0.246. The summed E-state index contributed by atoms with van der Waals surface area (Å²) < 4.78 is 5.02. The predicted molar refractivity (Wildman–Crippen MR) is 75.0 cm³/mol. The standard InChI is InChI=1S/C11H12N6O4/c12-10(19)16(14)7-5-3-1-2-4-6(5)21-9(18)8(7)17(15)11(13)20/h1-4H,14-15H2,(H2,12,19)(H2,13,20). The minimum atomic E-state index is -1.14. The number of urea groups is 2. The Morgan fingerprint density at radius 1 is 0.952 bits per heavy atom. The Balaban J connectivity index is 2.92. The molecule has 0 saturated heterocycles. The van der Waals surface area contributed by atoms with Crippen LogP contribution >= 0.6 is 0 Å². The molecule has 4 amide bonds. The maximum Gasteiger partial charge on any atom is 0.364 e. The van der Waals surface area contributed by atoms with Crippen LogP contribution in [0.3, 0.4) is 0 Å². The molecule has 2 aromatic rings. The first kappa shape index (κ1) is 14.3. The van der Waals surface area contributed by atoms with Gasteiger partial charge in [0.2, 0.25) is 0 Å². The number of nitrogens with two attached hydrogens (primary N) is 4. The van der Waals surface area contributed by atoms with E-state index in [0.717, 1.165) is 0 Å². The van der Waals surface area contributed by atoms with E-state index in [0.29, 0.717) is 10.0 Å². The van der Waals surface area contributed by atoms with E-state index < -0.39 is 23.4 Å². The van der Waals surface area contributed by atoms with Crippen molar-refractivity contribution < 1.29 is 14.0 Å². The fraction of sp³-hybridized carbons (Fsp3) is 0. The van der Waals surface area contributed by atoms with Crippen LogP contribution < -0.4 is 38.8 Å². The molecular formula is C11H12N6O4. The van der Waals surface area contributed by atoms with Crippen molar-refractivity contribution in [3.63, 3.8) is 0 Å². The summed E-state index contributed by atoms with van der Waals surface area (Å²) in [5, 5.41) is 1.07. The lowest BCUT2D eigenvalue weighted by molar-refractivity contribution is 0.252. The molecule has 0 unspecified atom stereocenters. The summed E-state index contributed by atoms with van der Waals surface area (Å²) in [6, 6.07) is 3.99. The van der Waals surface area contributed by atoms with Gasteiger partial charge in [0, 0.05) is 5.39 Å². The number of hydrogen-bond donors (Lipinski definition) is 4. The second-order valence-electron chi connectivity index (χ2n) is 4.00. The molecule has 0 aliphatic carbocycles. The van der Waals surface area contributed by atoms with Gasteiger partial charge >= 0.3 is 17.7 Å². The van der Waals surface area contributed by atoms with Crippen molar-refractivity contribution >= 4 is 34.4 Å². The van der Waals surface area contributed by atoms with E-state index in [2.05, 4.69) is 0 Å². The zero-order valence-electron chi connectivity index (χ0n) is 10.6. The Hall–Kier alpha value is -3.11. The van der Waals surface area contributed by atoms with Crippen LogP contribution in [-0.2, 0) is 0 Å². The summed E-state index contributed by atoms with van der Waals surface area (Å²) in [6.07, 6.45) is 0. The van der Waals surface area contributed by atoms with Gasteiger partial charge in [0.05, 0.1) is 0 Å². The summed E-state index contributed by atoms with van der Waals surface area (Å²) in [4.78, 5) is 34.5. The molecule has 0 spiro atoms. The van der Waals surface area contributed by atoms with Crippen molar-refractivity contribution in [3.05, 3.63) is 34.7 Å². The molecule has 110 valence electrons. The number of benzene rings is 1. The molecule has 0 atom stereocenters. The Kier molecular flexibility index (Phi) is 3.48. The van der Waals surface area contributed by atoms with E-state index in [9.17, 15) is 14.4 Å². The number of carbonyl (C=O) groups excluding carboxylic acids is 2. The lowest BCUT2D eigenvalue weighted by Gasteiger charge is -2.22. The molecule has 0 saturated carbocycles. The van der Waals surface area contributed by atoms with Crippen LogP contribution in [-0.4, -0.2) is 12.1 Å². The van der Waals surface area contributed by atoms with Crippen LogP contribution in [0.5, 0.6) is 0 Å². The maximum atomic E-state index is 12.0. The zero-order chi connectivity index (χ0) is 15.7. The van der Waals surface area contributed by atoms with Gasteiger partial charge in [-0.05, 0) is 12.1 Å². The molecule has 10 nitrogen and oxygen atoms in total. The Morgan fingerprint density at radius 2 is 1.48 bits per heavy atom. The molecule has 0 radical (unpaired) electrons. The van der Waals surface area contributed by atoms with E-state index in [4.69, 9.17) is 27.6 Å². The Labute approximate surface area is 117 Å². The van der Waals surface area contributed by atoms with Gasteiger partial charge in [0.1, 0.15) is 11.3 Å². The highest BCUT2D eigenvalue weighted by molar-refractivity contribution is 6.07. The lowest BCUT2D eigenvalue weighted by Crippen LogP contribution is -2.48. The van der Waals surface area contributed by atoms with Gasteiger partial charge in [-0.3, -0.25) is 0 Å². The number of fused-ring (bicyclic) bond motifs is 1. The SMILES string of the molecule is NC(=O)N(N)c1c(N(N)C(N)=O)c2ccccc2oc1=O. The van der Waals surface area contributed by atoms with E-state index in [1.807, 2.05) is 0 Å². The second kappa shape index (κ2) is 5.11.